The van der Waals surface area contributed by atoms with Crippen molar-refractivity contribution in [3.8, 4) is 11.1 Å². The van der Waals surface area contributed by atoms with Crippen LogP contribution >= 0.6 is 11.9 Å². The minimum Gasteiger partial charge on any atom is -0.330 e. The minimum atomic E-state index is -3.24. The molecule has 3 N–H and O–H groups in total. The van der Waals surface area contributed by atoms with Gasteiger partial charge in [-0.1, -0.05) is 68.1 Å². The lowest BCUT2D eigenvalue weighted by Gasteiger charge is -2.21. The Morgan fingerprint density at radius 1 is 1.14 bits per heavy atom. The van der Waals surface area contributed by atoms with E-state index in [2.05, 4.69) is 28.9 Å². The molecular formula is C22H33FN2O2S2. The smallest absolute Gasteiger partial charge is 0.211 e. The van der Waals surface area contributed by atoms with E-state index in [0.29, 0.717) is 6.42 Å². The average Bonchev–Trinajstić information content (AvgIpc) is 2.67. The first kappa shape index (κ1) is 25.5. The van der Waals surface area contributed by atoms with Crippen LogP contribution in [-0.4, -0.2) is 19.9 Å². The lowest BCUT2D eigenvalue weighted by Crippen LogP contribution is -2.22. The molecule has 0 bridgehead atoms. The minimum absolute atomic E-state index is 0.451. The molecule has 0 aliphatic rings. The van der Waals surface area contributed by atoms with Crippen molar-refractivity contribution in [3.05, 3.63) is 54.1 Å². The van der Waals surface area contributed by atoms with Gasteiger partial charge in [-0.3, -0.25) is 0 Å². The molecule has 162 valence electrons. The number of primary sulfonamides is 1. The molecule has 0 aliphatic carbocycles. The van der Waals surface area contributed by atoms with Crippen LogP contribution in [0.3, 0.4) is 0 Å². The molecule has 0 aliphatic heterocycles. The largest absolute Gasteiger partial charge is 0.330 e. The highest BCUT2D eigenvalue weighted by atomic mass is 32.2. The Morgan fingerprint density at radius 3 is 2.21 bits per heavy atom. The molecule has 0 heterocycles. The average molecular weight is 441 g/mol. The third-order valence-corrected chi connectivity index (χ3v) is 6.31. The van der Waals surface area contributed by atoms with E-state index in [1.807, 2.05) is 42.7 Å². The highest BCUT2D eigenvalue weighted by Gasteiger charge is 2.24. The van der Waals surface area contributed by atoms with Gasteiger partial charge in [0.25, 0.3) is 0 Å². The Balaban J connectivity index is 0.000000516. The summed E-state index contributed by atoms with van der Waals surface area (Å²) >= 11 is 1.57. The highest BCUT2D eigenvalue weighted by Crippen LogP contribution is 2.33. The number of hydrogen-bond donors (Lipinski definition) is 2. The van der Waals surface area contributed by atoms with Gasteiger partial charge in [-0.15, -0.1) is 0 Å². The van der Waals surface area contributed by atoms with Crippen LogP contribution in [0.1, 0.15) is 52.5 Å². The van der Waals surface area contributed by atoms with E-state index >= 15 is 0 Å². The SMILES string of the molecule is CC(C)S(N)(=O)=O.CCCC[C@](C)(F)c1ccc(-c2cccc(NSC)c2)cc1. The first-order valence-electron chi connectivity index (χ1n) is 9.71. The molecule has 0 radical (unpaired) electrons. The fourth-order valence-electron chi connectivity index (χ4n) is 2.54. The number of rotatable bonds is 8. The van der Waals surface area contributed by atoms with Gasteiger partial charge in [0.1, 0.15) is 5.67 Å². The normalized spacial score (nSPS) is 13.4. The zero-order chi connectivity index (χ0) is 22.1. The number of hydrogen-bond acceptors (Lipinski definition) is 4. The molecule has 0 unspecified atom stereocenters. The summed E-state index contributed by atoms with van der Waals surface area (Å²) in [7, 11) is -3.24. The Hall–Kier alpha value is -1.57. The predicted octanol–water partition coefficient (Wildman–Crippen LogP) is 6.10. The van der Waals surface area contributed by atoms with E-state index in [1.54, 1.807) is 18.9 Å². The second-order valence-corrected chi connectivity index (χ2v) is 10.1. The summed E-state index contributed by atoms with van der Waals surface area (Å²) < 4.78 is 38.1. The van der Waals surface area contributed by atoms with Crippen molar-refractivity contribution in [3.63, 3.8) is 0 Å². The number of alkyl halides is 1. The molecule has 2 aromatic rings. The maximum Gasteiger partial charge on any atom is 0.211 e. The summed E-state index contributed by atoms with van der Waals surface area (Å²) in [6.45, 7) is 6.85. The first-order chi connectivity index (χ1) is 13.5. The number of sulfonamides is 1. The Labute approximate surface area is 179 Å². The van der Waals surface area contributed by atoms with Crippen LogP contribution in [0, 0.1) is 0 Å². The van der Waals surface area contributed by atoms with Crippen LogP contribution in [0.2, 0.25) is 0 Å². The molecule has 4 nitrogen and oxygen atoms in total. The molecule has 0 saturated carbocycles. The lowest BCUT2D eigenvalue weighted by atomic mass is 9.91. The van der Waals surface area contributed by atoms with Crippen molar-refractivity contribution < 1.29 is 12.8 Å². The van der Waals surface area contributed by atoms with Crippen molar-refractivity contribution in [2.75, 3.05) is 11.0 Å². The molecule has 2 aromatic carbocycles. The maximum atomic E-state index is 14.7. The van der Waals surface area contributed by atoms with Gasteiger partial charge < -0.3 is 4.72 Å². The van der Waals surface area contributed by atoms with Gasteiger partial charge >= 0.3 is 0 Å². The number of halogens is 1. The number of unbranched alkanes of at least 4 members (excludes halogenated alkanes) is 1. The Bertz CT molecular complexity index is 851. The van der Waals surface area contributed by atoms with Gasteiger partial charge in [-0.05, 0) is 56.0 Å². The van der Waals surface area contributed by atoms with Gasteiger partial charge in [0.15, 0.2) is 0 Å². The van der Waals surface area contributed by atoms with Gasteiger partial charge in [0.2, 0.25) is 10.0 Å². The van der Waals surface area contributed by atoms with E-state index < -0.39 is 20.9 Å². The molecule has 0 amide bonds. The number of nitrogens with two attached hydrogens (primary N) is 1. The Kier molecular flexibility index (Phi) is 10.2. The zero-order valence-corrected chi connectivity index (χ0v) is 19.5. The fraction of sp³-hybridized carbons (Fsp3) is 0.455. The van der Waals surface area contributed by atoms with Crippen LogP contribution in [0.5, 0.6) is 0 Å². The second-order valence-electron chi connectivity index (χ2n) is 7.40. The Morgan fingerprint density at radius 2 is 1.72 bits per heavy atom. The van der Waals surface area contributed by atoms with E-state index in [-0.39, 0.29) is 0 Å². The number of anilines is 1. The predicted molar refractivity (Wildman–Crippen MR) is 125 cm³/mol. The van der Waals surface area contributed by atoms with Gasteiger partial charge in [-0.2, -0.15) is 0 Å². The zero-order valence-electron chi connectivity index (χ0n) is 17.9. The van der Waals surface area contributed by atoms with Crippen LogP contribution in [-0.2, 0) is 15.7 Å². The maximum absolute atomic E-state index is 14.7. The summed E-state index contributed by atoms with van der Waals surface area (Å²) in [4.78, 5) is 0. The van der Waals surface area contributed by atoms with Crippen molar-refractivity contribution in [1.29, 1.82) is 0 Å². The van der Waals surface area contributed by atoms with E-state index in [4.69, 9.17) is 0 Å². The van der Waals surface area contributed by atoms with E-state index in [9.17, 15) is 12.8 Å². The molecule has 7 heteroatoms. The lowest BCUT2D eigenvalue weighted by molar-refractivity contribution is 0.172. The highest BCUT2D eigenvalue weighted by molar-refractivity contribution is 7.99. The van der Waals surface area contributed by atoms with E-state index in [1.165, 1.54) is 13.8 Å². The summed E-state index contributed by atoms with van der Waals surface area (Å²) in [5.74, 6) is 0. The van der Waals surface area contributed by atoms with Crippen molar-refractivity contribution in [2.24, 2.45) is 5.14 Å². The second kappa shape index (κ2) is 11.6. The molecule has 1 atom stereocenters. The van der Waals surface area contributed by atoms with Gasteiger partial charge in [-0.25, -0.2) is 17.9 Å². The van der Waals surface area contributed by atoms with Gasteiger partial charge in [0.05, 0.1) is 5.25 Å². The molecule has 2 rings (SSSR count). The molecule has 29 heavy (non-hydrogen) atoms. The van der Waals surface area contributed by atoms with Crippen molar-refractivity contribution >= 4 is 27.7 Å². The molecule has 0 fully saturated rings. The van der Waals surface area contributed by atoms with Crippen molar-refractivity contribution in [1.82, 2.24) is 0 Å². The van der Waals surface area contributed by atoms with Gasteiger partial charge in [0, 0.05) is 11.9 Å². The first-order valence-corrected chi connectivity index (χ1v) is 12.5. The molecule has 0 spiro atoms. The van der Waals surface area contributed by atoms with Crippen molar-refractivity contribution in [2.45, 2.75) is 57.9 Å². The molecule has 0 saturated heterocycles. The van der Waals surface area contributed by atoms with Crippen LogP contribution in [0.4, 0.5) is 10.1 Å². The number of benzene rings is 2. The topological polar surface area (TPSA) is 72.2 Å². The van der Waals surface area contributed by atoms with Crippen LogP contribution < -0.4 is 9.86 Å². The fourth-order valence-corrected chi connectivity index (χ4v) is 2.91. The third kappa shape index (κ3) is 8.76. The number of nitrogens with one attached hydrogen (secondary N) is 1. The standard InChI is InChI=1S/C19H24FNS.C3H9NO2S/c1-4-5-13-19(2,20)17-11-9-15(10-12-17)16-7-6-8-18(14-16)21-22-3;1-3(2)7(4,5)6/h6-12,14,21H,4-5,13H2,1-3H3;3H,1-2H3,(H2,4,5,6)/t19-;/m0./s1. The monoisotopic (exact) mass is 440 g/mol. The van der Waals surface area contributed by atoms with Crippen LogP contribution in [0.25, 0.3) is 11.1 Å². The quantitative estimate of drug-likeness (QED) is 0.486. The molecule has 0 aromatic heterocycles. The molecular weight excluding hydrogens is 407 g/mol. The third-order valence-electron chi connectivity index (χ3n) is 4.56. The summed E-state index contributed by atoms with van der Waals surface area (Å²) in [6.07, 6.45) is 4.51. The van der Waals surface area contributed by atoms with E-state index in [0.717, 1.165) is 35.2 Å². The summed E-state index contributed by atoms with van der Waals surface area (Å²) in [6, 6.07) is 16.1. The summed E-state index contributed by atoms with van der Waals surface area (Å²) in [5, 5.41) is 4.20. The van der Waals surface area contributed by atoms with Crippen LogP contribution in [0.15, 0.2) is 48.5 Å². The summed E-state index contributed by atoms with van der Waals surface area (Å²) in [5.41, 5.74) is 2.85.